The van der Waals surface area contributed by atoms with E-state index in [1.807, 2.05) is 0 Å². The Bertz CT molecular complexity index is 211. The van der Waals surface area contributed by atoms with Crippen molar-refractivity contribution >= 4 is 16.5 Å². The second kappa shape index (κ2) is 4.40. The summed E-state index contributed by atoms with van der Waals surface area (Å²) in [6, 6.07) is 0. The van der Waals surface area contributed by atoms with E-state index < -0.39 is 22.1 Å². The molecule has 4 nitrogen and oxygen atoms in total. The molecular formula is C5H9FO4S. The topological polar surface area (TPSA) is 60.4 Å². The van der Waals surface area contributed by atoms with Crippen LogP contribution in [0.4, 0.5) is 3.89 Å². The molecule has 0 aliphatic rings. The van der Waals surface area contributed by atoms with E-state index in [9.17, 15) is 17.1 Å². The number of rotatable bonds is 5. The van der Waals surface area contributed by atoms with Gasteiger partial charge in [-0.05, 0) is 6.92 Å². The van der Waals surface area contributed by atoms with E-state index in [0.29, 0.717) is 6.29 Å². The highest BCUT2D eigenvalue weighted by atomic mass is 32.3. The molecule has 0 heterocycles. The minimum absolute atomic E-state index is 0.293. The lowest BCUT2D eigenvalue weighted by molar-refractivity contribution is -0.116. The summed E-state index contributed by atoms with van der Waals surface area (Å²) < 4.78 is 36.1. The number of carbonyl (C=O) groups excluding carboxylic acids is 1. The van der Waals surface area contributed by atoms with Crippen LogP contribution in [0.25, 0.3) is 0 Å². The summed E-state index contributed by atoms with van der Waals surface area (Å²) in [5.74, 6) is -0.703. The molecular weight excluding hydrogens is 175 g/mol. The van der Waals surface area contributed by atoms with Crippen molar-refractivity contribution in [2.24, 2.45) is 0 Å². The van der Waals surface area contributed by atoms with Crippen molar-refractivity contribution in [1.82, 2.24) is 0 Å². The van der Waals surface area contributed by atoms with Gasteiger partial charge < -0.3 is 9.53 Å². The number of halogens is 1. The monoisotopic (exact) mass is 184 g/mol. The maximum atomic E-state index is 11.7. The third kappa shape index (κ3) is 7.41. The first-order valence-corrected chi connectivity index (χ1v) is 4.50. The molecule has 0 fully saturated rings. The van der Waals surface area contributed by atoms with Gasteiger partial charge in [-0.1, -0.05) is 0 Å². The van der Waals surface area contributed by atoms with Crippen LogP contribution >= 0.6 is 0 Å². The van der Waals surface area contributed by atoms with Gasteiger partial charge in [0.15, 0.2) is 0 Å². The number of hydrogen-bond acceptors (Lipinski definition) is 4. The Labute approximate surface area is 64.6 Å². The van der Waals surface area contributed by atoms with Crippen LogP contribution in [0.15, 0.2) is 0 Å². The zero-order chi connectivity index (χ0) is 8.91. The zero-order valence-electron chi connectivity index (χ0n) is 5.99. The van der Waals surface area contributed by atoms with Gasteiger partial charge in [0, 0.05) is 0 Å². The molecule has 66 valence electrons. The van der Waals surface area contributed by atoms with Crippen LogP contribution in [-0.2, 0) is 19.8 Å². The van der Waals surface area contributed by atoms with Gasteiger partial charge in [-0.2, -0.15) is 8.42 Å². The third-order valence-electron chi connectivity index (χ3n) is 0.900. The Morgan fingerprint density at radius 3 is 2.55 bits per heavy atom. The average molecular weight is 184 g/mol. The summed E-state index contributed by atoms with van der Waals surface area (Å²) in [6.07, 6.45) is -0.179. The number of ether oxygens (including phenoxy) is 1. The molecule has 0 saturated carbocycles. The molecule has 0 rings (SSSR count). The molecule has 0 aromatic rings. The minimum atomic E-state index is -4.47. The summed E-state index contributed by atoms with van der Waals surface area (Å²) in [4.78, 5) is 9.89. The van der Waals surface area contributed by atoms with Crippen LogP contribution in [0.2, 0.25) is 0 Å². The predicted octanol–water partition coefficient (Wildman–Crippen LogP) is -0.110. The first-order valence-electron chi connectivity index (χ1n) is 2.95. The highest BCUT2D eigenvalue weighted by Crippen LogP contribution is 1.92. The summed E-state index contributed by atoms with van der Waals surface area (Å²) in [5, 5.41) is 0. The maximum absolute atomic E-state index is 11.7. The summed E-state index contributed by atoms with van der Waals surface area (Å²) in [6.45, 7) is 1.15. The van der Waals surface area contributed by atoms with Crippen molar-refractivity contribution in [2.45, 2.75) is 13.0 Å². The summed E-state index contributed by atoms with van der Waals surface area (Å²) >= 11 is 0. The summed E-state index contributed by atoms with van der Waals surface area (Å²) in [5.41, 5.74) is 0. The molecule has 0 bridgehead atoms. The Balaban J connectivity index is 3.51. The lowest BCUT2D eigenvalue weighted by Crippen LogP contribution is -2.15. The first kappa shape index (κ1) is 10.5. The first-order chi connectivity index (χ1) is 4.95. The van der Waals surface area contributed by atoms with Crippen LogP contribution < -0.4 is 0 Å². The quantitative estimate of drug-likeness (QED) is 0.442. The van der Waals surface area contributed by atoms with Gasteiger partial charge in [0.1, 0.15) is 18.1 Å². The van der Waals surface area contributed by atoms with E-state index in [0.717, 1.165) is 0 Å². The van der Waals surface area contributed by atoms with E-state index >= 15 is 0 Å². The maximum Gasteiger partial charge on any atom is 0.304 e. The average Bonchev–Trinajstić information content (AvgIpc) is 1.85. The van der Waals surface area contributed by atoms with Crippen molar-refractivity contribution < 1.29 is 21.8 Å². The van der Waals surface area contributed by atoms with Crippen LogP contribution in [0.1, 0.15) is 6.92 Å². The van der Waals surface area contributed by atoms with E-state index in [-0.39, 0.29) is 6.61 Å². The summed E-state index contributed by atoms with van der Waals surface area (Å²) in [7, 11) is -4.47. The van der Waals surface area contributed by atoms with Crippen molar-refractivity contribution in [1.29, 1.82) is 0 Å². The molecule has 0 aromatic heterocycles. The second-order valence-electron chi connectivity index (χ2n) is 1.95. The fourth-order valence-electron chi connectivity index (χ4n) is 0.373. The largest absolute Gasteiger partial charge is 0.370 e. The standard InChI is InChI=1S/C5H9FO4S/c1-5(4-7)10-2-3-11(6,8)9/h4-5H,2-3H2,1H3. The van der Waals surface area contributed by atoms with Crippen molar-refractivity contribution in [3.63, 3.8) is 0 Å². The molecule has 6 heteroatoms. The number of carbonyl (C=O) groups is 1. The van der Waals surface area contributed by atoms with Gasteiger partial charge in [0.25, 0.3) is 0 Å². The molecule has 0 aliphatic carbocycles. The molecule has 0 aromatic carbocycles. The lowest BCUT2D eigenvalue weighted by Gasteiger charge is -2.02. The fourth-order valence-corrected chi connectivity index (χ4v) is 0.668. The zero-order valence-corrected chi connectivity index (χ0v) is 6.80. The van der Waals surface area contributed by atoms with E-state index in [2.05, 4.69) is 4.74 Å². The normalized spacial score (nSPS) is 14.4. The predicted molar refractivity (Wildman–Crippen MR) is 36.4 cm³/mol. The minimum Gasteiger partial charge on any atom is -0.370 e. The van der Waals surface area contributed by atoms with Crippen LogP contribution in [0.5, 0.6) is 0 Å². The molecule has 0 N–H and O–H groups in total. The van der Waals surface area contributed by atoms with Gasteiger partial charge in [0.2, 0.25) is 0 Å². The van der Waals surface area contributed by atoms with Gasteiger partial charge in [-0.25, -0.2) is 0 Å². The Kier molecular flexibility index (Phi) is 4.20. The van der Waals surface area contributed by atoms with E-state index in [1.165, 1.54) is 6.92 Å². The molecule has 0 saturated heterocycles. The Hall–Kier alpha value is -0.490. The van der Waals surface area contributed by atoms with Crippen molar-refractivity contribution in [3.8, 4) is 0 Å². The molecule has 1 unspecified atom stereocenters. The van der Waals surface area contributed by atoms with Crippen LogP contribution in [0, 0.1) is 0 Å². The van der Waals surface area contributed by atoms with Gasteiger partial charge in [-0.15, -0.1) is 3.89 Å². The lowest BCUT2D eigenvalue weighted by atomic mass is 10.5. The number of hydrogen-bond donors (Lipinski definition) is 0. The van der Waals surface area contributed by atoms with Gasteiger partial charge in [0.05, 0.1) is 6.61 Å². The highest BCUT2D eigenvalue weighted by Gasteiger charge is 2.07. The molecule has 0 aliphatic heterocycles. The van der Waals surface area contributed by atoms with Crippen molar-refractivity contribution in [2.75, 3.05) is 12.4 Å². The third-order valence-corrected chi connectivity index (χ3v) is 1.55. The van der Waals surface area contributed by atoms with Crippen LogP contribution in [-0.4, -0.2) is 33.2 Å². The van der Waals surface area contributed by atoms with Crippen molar-refractivity contribution in [3.05, 3.63) is 0 Å². The van der Waals surface area contributed by atoms with Gasteiger partial charge >= 0.3 is 10.2 Å². The Morgan fingerprint density at radius 2 is 2.18 bits per heavy atom. The number of aldehydes is 1. The fraction of sp³-hybridized carbons (Fsp3) is 0.800. The SMILES string of the molecule is CC(C=O)OCCS(=O)(=O)F. The molecule has 0 spiro atoms. The Morgan fingerprint density at radius 1 is 1.64 bits per heavy atom. The molecule has 1 atom stereocenters. The molecule has 0 amide bonds. The molecule has 0 radical (unpaired) electrons. The van der Waals surface area contributed by atoms with E-state index in [1.54, 1.807) is 0 Å². The van der Waals surface area contributed by atoms with Gasteiger partial charge in [-0.3, -0.25) is 0 Å². The smallest absolute Gasteiger partial charge is 0.304 e. The van der Waals surface area contributed by atoms with E-state index in [4.69, 9.17) is 0 Å². The molecule has 11 heavy (non-hydrogen) atoms. The highest BCUT2D eigenvalue weighted by molar-refractivity contribution is 7.86. The van der Waals surface area contributed by atoms with Crippen LogP contribution in [0.3, 0.4) is 0 Å². The second-order valence-corrected chi connectivity index (χ2v) is 3.44.